The molecule has 0 bridgehead atoms. The molecule has 0 spiro atoms. The average Bonchev–Trinajstić information content (AvgIpc) is 2.65. The van der Waals surface area contributed by atoms with Crippen LogP contribution in [0.1, 0.15) is 19.8 Å². The molecule has 1 aromatic heterocycles. The minimum atomic E-state index is -3.44. The number of aliphatic hydroxyl groups is 1. The highest BCUT2D eigenvalue weighted by Gasteiger charge is 2.13. The topological polar surface area (TPSA) is 95.1 Å². The van der Waals surface area contributed by atoms with Gasteiger partial charge in [0.15, 0.2) is 0 Å². The third kappa shape index (κ3) is 3.98. The van der Waals surface area contributed by atoms with Gasteiger partial charge in [0, 0.05) is 12.7 Å². The van der Waals surface area contributed by atoms with E-state index in [4.69, 9.17) is 5.11 Å². The van der Waals surface area contributed by atoms with Gasteiger partial charge in [-0.1, -0.05) is 0 Å². The molecule has 0 aliphatic heterocycles. The smallest absolute Gasteiger partial charge is 0.243 e. The van der Waals surface area contributed by atoms with Crippen molar-refractivity contribution in [2.24, 2.45) is 0 Å². The number of aliphatic hydroxyl groups excluding tert-OH is 1. The van der Waals surface area contributed by atoms with Crippen molar-refractivity contribution >= 4 is 10.0 Å². The van der Waals surface area contributed by atoms with Crippen LogP contribution in [-0.2, 0) is 10.0 Å². The minimum absolute atomic E-state index is 0.125. The number of aromatic amines is 1. The van der Waals surface area contributed by atoms with Gasteiger partial charge in [-0.2, -0.15) is 5.10 Å². The third-order valence-corrected chi connectivity index (χ3v) is 3.30. The number of hydrogen-bond donors (Lipinski definition) is 3. The van der Waals surface area contributed by atoms with E-state index >= 15 is 0 Å². The van der Waals surface area contributed by atoms with E-state index in [2.05, 4.69) is 14.9 Å². The van der Waals surface area contributed by atoms with Gasteiger partial charge in [0.25, 0.3) is 0 Å². The van der Waals surface area contributed by atoms with E-state index in [1.807, 2.05) is 0 Å². The lowest BCUT2D eigenvalue weighted by Gasteiger charge is -2.05. The molecule has 1 heterocycles. The molecule has 1 rings (SSSR count). The van der Waals surface area contributed by atoms with Gasteiger partial charge in [0.1, 0.15) is 4.90 Å². The van der Waals surface area contributed by atoms with Gasteiger partial charge in [-0.15, -0.1) is 0 Å². The summed E-state index contributed by atoms with van der Waals surface area (Å²) in [5.41, 5.74) is 0. The Morgan fingerprint density at radius 1 is 1.67 bits per heavy atom. The van der Waals surface area contributed by atoms with Crippen molar-refractivity contribution in [3.05, 3.63) is 12.4 Å². The molecule has 3 N–H and O–H groups in total. The first-order chi connectivity index (χ1) is 7.02. The second kappa shape index (κ2) is 5.24. The van der Waals surface area contributed by atoms with Crippen LogP contribution >= 0.6 is 0 Å². The largest absolute Gasteiger partial charge is 0.393 e. The summed E-state index contributed by atoms with van der Waals surface area (Å²) in [5.74, 6) is 0. The summed E-state index contributed by atoms with van der Waals surface area (Å²) in [6.07, 6.45) is 3.35. The molecule has 0 aliphatic rings. The number of rotatable bonds is 6. The highest BCUT2D eigenvalue weighted by atomic mass is 32.2. The van der Waals surface area contributed by atoms with E-state index in [9.17, 15) is 8.42 Å². The summed E-state index contributed by atoms with van der Waals surface area (Å²) in [6.45, 7) is 1.99. The first kappa shape index (κ1) is 12.2. The molecule has 0 aliphatic carbocycles. The monoisotopic (exact) mass is 233 g/mol. The molecule has 7 heteroatoms. The molecule has 1 aromatic rings. The van der Waals surface area contributed by atoms with Crippen molar-refractivity contribution < 1.29 is 13.5 Å². The molecule has 15 heavy (non-hydrogen) atoms. The van der Waals surface area contributed by atoms with Crippen molar-refractivity contribution in [2.45, 2.75) is 30.8 Å². The van der Waals surface area contributed by atoms with Crippen molar-refractivity contribution in [1.82, 2.24) is 14.9 Å². The fourth-order valence-electron chi connectivity index (χ4n) is 1.07. The maximum absolute atomic E-state index is 11.5. The summed E-state index contributed by atoms with van der Waals surface area (Å²) < 4.78 is 25.4. The van der Waals surface area contributed by atoms with Gasteiger partial charge in [-0.3, -0.25) is 5.10 Å². The molecule has 0 saturated carbocycles. The van der Waals surface area contributed by atoms with Crippen LogP contribution in [0.4, 0.5) is 0 Å². The fourth-order valence-corrected chi connectivity index (χ4v) is 2.05. The molecule has 0 saturated heterocycles. The van der Waals surface area contributed by atoms with Gasteiger partial charge in [0.2, 0.25) is 10.0 Å². The Morgan fingerprint density at radius 2 is 2.40 bits per heavy atom. The van der Waals surface area contributed by atoms with Crippen molar-refractivity contribution in [1.29, 1.82) is 0 Å². The normalized spacial score (nSPS) is 14.0. The predicted molar refractivity (Wildman–Crippen MR) is 54.7 cm³/mol. The quantitative estimate of drug-likeness (QED) is 0.595. The molecule has 0 amide bonds. The molecular weight excluding hydrogens is 218 g/mol. The molecule has 1 atom stereocenters. The Bertz CT molecular complexity index is 372. The summed E-state index contributed by atoms with van der Waals surface area (Å²) in [5, 5.41) is 15.0. The zero-order valence-electron chi connectivity index (χ0n) is 8.47. The van der Waals surface area contributed by atoms with Crippen LogP contribution in [0, 0.1) is 0 Å². The fraction of sp³-hybridized carbons (Fsp3) is 0.625. The standard InChI is InChI=1S/C8H15N3O3S/c1-7(12)3-2-4-11-15(13,14)8-5-9-10-6-8/h5-7,11-12H,2-4H2,1H3,(H,9,10). The van der Waals surface area contributed by atoms with E-state index in [1.54, 1.807) is 6.92 Å². The van der Waals surface area contributed by atoms with Crippen LogP contribution in [0.2, 0.25) is 0 Å². The van der Waals surface area contributed by atoms with Crippen LogP contribution in [0.5, 0.6) is 0 Å². The van der Waals surface area contributed by atoms with Crippen molar-refractivity contribution in [2.75, 3.05) is 6.54 Å². The Hall–Kier alpha value is -0.920. The van der Waals surface area contributed by atoms with Crippen LogP contribution in [0.15, 0.2) is 17.3 Å². The van der Waals surface area contributed by atoms with E-state index in [1.165, 1.54) is 12.4 Å². The highest BCUT2D eigenvalue weighted by molar-refractivity contribution is 7.89. The second-order valence-electron chi connectivity index (χ2n) is 3.32. The Morgan fingerprint density at radius 3 is 2.93 bits per heavy atom. The van der Waals surface area contributed by atoms with Gasteiger partial charge < -0.3 is 5.11 Å². The number of hydrogen-bond acceptors (Lipinski definition) is 4. The zero-order chi connectivity index (χ0) is 11.3. The minimum Gasteiger partial charge on any atom is -0.393 e. The average molecular weight is 233 g/mol. The summed E-state index contributed by atoms with van der Waals surface area (Å²) in [6, 6.07) is 0. The van der Waals surface area contributed by atoms with Crippen LogP contribution < -0.4 is 4.72 Å². The van der Waals surface area contributed by atoms with Gasteiger partial charge in [-0.25, -0.2) is 13.1 Å². The summed E-state index contributed by atoms with van der Waals surface area (Å²) >= 11 is 0. The van der Waals surface area contributed by atoms with Crippen LogP contribution in [-0.4, -0.2) is 36.4 Å². The van der Waals surface area contributed by atoms with E-state index < -0.39 is 16.1 Å². The SMILES string of the molecule is CC(O)CCCNS(=O)(=O)c1cn[nH]c1. The first-order valence-corrected chi connectivity index (χ1v) is 6.17. The van der Waals surface area contributed by atoms with Gasteiger partial charge in [0.05, 0.1) is 12.3 Å². The maximum Gasteiger partial charge on any atom is 0.243 e. The molecule has 0 aromatic carbocycles. The molecule has 0 fully saturated rings. The zero-order valence-corrected chi connectivity index (χ0v) is 9.29. The van der Waals surface area contributed by atoms with Gasteiger partial charge in [-0.05, 0) is 19.8 Å². The Kier molecular flexibility index (Phi) is 4.25. The molecular formula is C8H15N3O3S. The van der Waals surface area contributed by atoms with Gasteiger partial charge >= 0.3 is 0 Å². The Labute approximate surface area is 88.8 Å². The number of nitrogens with zero attached hydrogens (tertiary/aromatic N) is 1. The predicted octanol–water partition coefficient (Wildman–Crippen LogP) is -0.151. The third-order valence-electron chi connectivity index (χ3n) is 1.87. The van der Waals surface area contributed by atoms with Crippen molar-refractivity contribution in [3.63, 3.8) is 0 Å². The first-order valence-electron chi connectivity index (χ1n) is 4.69. The van der Waals surface area contributed by atoms with Crippen LogP contribution in [0.3, 0.4) is 0 Å². The summed E-state index contributed by atoms with van der Waals surface area (Å²) in [7, 11) is -3.44. The molecule has 86 valence electrons. The Balaban J connectivity index is 2.39. The van der Waals surface area contributed by atoms with E-state index in [0.717, 1.165) is 0 Å². The lowest BCUT2D eigenvalue weighted by Crippen LogP contribution is -2.25. The lowest BCUT2D eigenvalue weighted by molar-refractivity contribution is 0.182. The summed E-state index contributed by atoms with van der Waals surface area (Å²) in [4.78, 5) is 0.125. The molecule has 0 radical (unpaired) electrons. The molecule has 6 nitrogen and oxygen atoms in total. The second-order valence-corrected chi connectivity index (χ2v) is 5.09. The van der Waals surface area contributed by atoms with E-state index in [0.29, 0.717) is 19.4 Å². The number of H-pyrrole nitrogens is 1. The number of nitrogens with one attached hydrogen (secondary N) is 2. The highest BCUT2D eigenvalue weighted by Crippen LogP contribution is 2.04. The number of aromatic nitrogens is 2. The molecule has 1 unspecified atom stereocenters. The number of sulfonamides is 1. The van der Waals surface area contributed by atoms with E-state index in [-0.39, 0.29) is 4.90 Å². The van der Waals surface area contributed by atoms with Crippen LogP contribution in [0.25, 0.3) is 0 Å². The van der Waals surface area contributed by atoms with Crippen molar-refractivity contribution in [3.8, 4) is 0 Å². The maximum atomic E-state index is 11.5. The lowest BCUT2D eigenvalue weighted by atomic mass is 10.2.